The Bertz CT molecular complexity index is 4370. The van der Waals surface area contributed by atoms with E-state index >= 15 is 0 Å². The quantitative estimate of drug-likeness (QED) is 0.0114. The van der Waals surface area contributed by atoms with Gasteiger partial charge in [-0.1, -0.05) is 128 Å². The molecule has 127 heavy (non-hydrogen) atoms. The largest absolute Gasteiger partial charge is 0.481 e. The minimum atomic E-state index is -2.49. The molecule has 45 heteroatoms. The Morgan fingerprint density at radius 1 is 0.520 bits per heavy atom. The zero-order chi connectivity index (χ0) is 94.6. The number of nitrogen functional groups attached to an aromatic ring is 1. The van der Waals surface area contributed by atoms with E-state index in [0.29, 0.717) is 35.7 Å². The zero-order valence-electron chi connectivity index (χ0n) is 71.5. The minimum Gasteiger partial charge on any atom is -0.481 e. The third-order valence-electron chi connectivity index (χ3n) is 20.3. The molecule has 4 rings (SSSR count). The van der Waals surface area contributed by atoms with Crippen LogP contribution in [0.2, 0.25) is 0 Å². The molecule has 1 aromatic heterocycles. The number of cyclic esters (lactones) is 1. The lowest BCUT2D eigenvalue weighted by atomic mass is 9.96. The van der Waals surface area contributed by atoms with E-state index in [1.165, 1.54) is 24.3 Å². The van der Waals surface area contributed by atoms with Crippen molar-refractivity contribution < 1.29 is 131 Å². The number of Topliss-reactive ketones (excluding diaryl/α,β-unsaturated/α-hetero) is 1. The number of H-pyrrole nitrogens is 1. The van der Waals surface area contributed by atoms with Crippen molar-refractivity contribution in [2.45, 2.75) is 267 Å². The van der Waals surface area contributed by atoms with E-state index in [2.05, 4.69) is 70.4 Å². The number of carboxylic acids is 4. The van der Waals surface area contributed by atoms with E-state index in [-0.39, 0.29) is 43.5 Å². The van der Waals surface area contributed by atoms with Crippen LogP contribution >= 0.6 is 0 Å². The Hall–Kier alpha value is -13.2. The second-order valence-electron chi connectivity index (χ2n) is 30.9. The molecule has 700 valence electrons. The molecule has 0 radical (unpaired) electrons. The first-order chi connectivity index (χ1) is 60.2. The number of nitrogens with two attached hydrogens (primary N) is 3. The van der Waals surface area contributed by atoms with Crippen molar-refractivity contribution in [1.82, 2.24) is 79.4 Å². The molecular formula is C82H120N18O27. The number of benzene rings is 2. The molecule has 1 aliphatic heterocycles. The molecule has 4 unspecified atom stereocenters. The molecule has 0 bridgehead atoms. The van der Waals surface area contributed by atoms with E-state index in [0.717, 1.165) is 85.0 Å². The number of hydrogen-bond acceptors (Lipinski definition) is 25. The highest BCUT2D eigenvalue weighted by atomic mass is 16.5. The fourth-order valence-electron chi connectivity index (χ4n) is 13.3. The maximum atomic E-state index is 15.0. The van der Waals surface area contributed by atoms with E-state index in [1.807, 2.05) is 22.9 Å². The highest BCUT2D eigenvalue weighted by molar-refractivity contribution is 6.05. The number of aliphatic hydroxyl groups excluding tert-OH is 1. The Labute approximate surface area is 730 Å². The second-order valence-corrected chi connectivity index (χ2v) is 30.9. The molecule has 3 aromatic rings. The number of aromatic nitrogens is 1. The first-order valence-corrected chi connectivity index (χ1v) is 42.0. The summed E-state index contributed by atoms with van der Waals surface area (Å²) < 4.78 is 5.73. The number of carboxylic acid groups (broad SMARTS) is 4. The number of fused-ring (bicyclic) bond motifs is 1. The van der Waals surface area contributed by atoms with Crippen LogP contribution in [-0.2, 0) is 107 Å². The van der Waals surface area contributed by atoms with Crippen LogP contribution in [0.15, 0.2) is 54.7 Å². The summed E-state index contributed by atoms with van der Waals surface area (Å²) in [6.07, 6.45) is 2.73. The summed E-state index contributed by atoms with van der Waals surface area (Å²) in [4.78, 5) is 293. The second kappa shape index (κ2) is 55.2. The number of carbonyl (C=O) groups excluding carboxylic acids is 17. The molecule has 0 aliphatic carbocycles. The molecule has 1 aliphatic rings. The topological polar surface area (TPSA) is 731 Å². The summed E-state index contributed by atoms with van der Waals surface area (Å²) in [7, 11) is 0. The maximum absolute atomic E-state index is 15.0. The molecule has 1 fully saturated rings. The average Bonchev–Trinajstić information content (AvgIpc) is 1.69. The lowest BCUT2D eigenvalue weighted by Gasteiger charge is -2.30. The Kier molecular flexibility index (Phi) is 46.1. The van der Waals surface area contributed by atoms with Gasteiger partial charge in [0, 0.05) is 54.2 Å². The maximum Gasteiger partial charge on any atom is 0.329 e. The van der Waals surface area contributed by atoms with Gasteiger partial charge in [0.05, 0.1) is 57.8 Å². The number of rotatable bonds is 44. The van der Waals surface area contributed by atoms with E-state index in [1.54, 1.807) is 30.5 Å². The van der Waals surface area contributed by atoms with Gasteiger partial charge in [0.1, 0.15) is 72.6 Å². The lowest BCUT2D eigenvalue weighted by molar-refractivity contribution is -0.156. The molecule has 0 saturated carbocycles. The predicted octanol–water partition coefficient (Wildman–Crippen LogP) is -3.39. The number of aliphatic hydroxyl groups is 1. The highest BCUT2D eigenvalue weighted by Gasteiger charge is 2.41. The molecule has 0 spiro atoms. The molecule has 26 N–H and O–H groups in total. The van der Waals surface area contributed by atoms with Gasteiger partial charge in [0.15, 0.2) is 5.78 Å². The molecule has 15 amide bonds. The number of unbranched alkanes of at least 4 members (excludes halogenated alkanes) is 11. The number of anilines is 1. The van der Waals surface area contributed by atoms with Gasteiger partial charge in [-0.2, -0.15) is 0 Å². The van der Waals surface area contributed by atoms with Crippen molar-refractivity contribution in [3.63, 3.8) is 0 Å². The van der Waals surface area contributed by atoms with Crippen molar-refractivity contribution >= 4 is 141 Å². The number of ether oxygens (including phenoxy) is 1. The zero-order valence-corrected chi connectivity index (χ0v) is 71.5. The van der Waals surface area contributed by atoms with Crippen molar-refractivity contribution in [2.24, 2.45) is 17.4 Å². The number of para-hydroxylation sites is 2. The number of aliphatic carboxylic acids is 4. The van der Waals surface area contributed by atoms with E-state index in [4.69, 9.17) is 21.9 Å². The minimum absolute atomic E-state index is 0.0287. The van der Waals surface area contributed by atoms with Gasteiger partial charge in [-0.25, -0.2) is 4.79 Å². The third-order valence-corrected chi connectivity index (χ3v) is 20.3. The monoisotopic (exact) mass is 1790 g/mol. The molecule has 2 aromatic carbocycles. The third kappa shape index (κ3) is 38.4. The van der Waals surface area contributed by atoms with Crippen molar-refractivity contribution in [3.05, 3.63) is 65.9 Å². The van der Waals surface area contributed by atoms with Gasteiger partial charge in [0.2, 0.25) is 88.6 Å². The van der Waals surface area contributed by atoms with Crippen LogP contribution in [0.25, 0.3) is 10.9 Å². The Morgan fingerprint density at radius 3 is 1.65 bits per heavy atom. The van der Waals surface area contributed by atoms with Gasteiger partial charge >= 0.3 is 29.8 Å². The van der Waals surface area contributed by atoms with E-state index in [9.17, 15) is 126 Å². The van der Waals surface area contributed by atoms with Crippen molar-refractivity contribution in [3.8, 4) is 0 Å². The first kappa shape index (κ1) is 106. The highest BCUT2D eigenvalue weighted by Crippen LogP contribution is 2.22. The fourth-order valence-corrected chi connectivity index (χ4v) is 13.3. The Balaban J connectivity index is 1.92. The van der Waals surface area contributed by atoms with Crippen LogP contribution in [-0.4, -0.2) is 260 Å². The number of carbonyl (C=O) groups is 21. The number of aromatic amines is 1. The van der Waals surface area contributed by atoms with Crippen LogP contribution in [0.4, 0.5) is 5.69 Å². The van der Waals surface area contributed by atoms with Gasteiger partial charge in [0.25, 0.3) is 0 Å². The first-order valence-electron chi connectivity index (χ1n) is 42.0. The van der Waals surface area contributed by atoms with Crippen LogP contribution < -0.4 is 91.6 Å². The SMILES string of the molecule is CCCCCCCCCC(=O)N[C@@H](Cc1c[nH]c2ccccc12)C(=O)N[C@@H](CC(N)=O)C(=O)N[C@@H](CC(=O)O)C(=O)NC1C(=O)NCC(=O)N[C@@H](CCCNC(=O)[C@@H](N)CCCCCCCC)C(=O)NC(CC(=O)O)C(=O)N[C@H](C)C(=O)N[C@@H](CC(=O)O)C(=O)NCC(=O)N[C@H](CO)C(=O)NC([C@H](C)CC(=O)O)C(=O)N[C@@H](CC(=O)c2ccccc2N)C(=O)OC1C. The standard InChI is InChI=1S/C82H120N18O27/c1-6-8-10-12-14-16-18-30-62(104)92-53(33-46-39-87-51-28-22-20-24-47(46)51)76(120)95-54(35-61(85)103)77(121)97-57(38-68(113)114)78(122)100-70-45(5)127-82(126)58(34-60(102)48-25-19-21-26-49(48)83)98-81(125)69(43(3)32-65(107)108)99-79(123)59(42-101)93-64(106)40-88-73(117)55(36-66(109)110)94-71(115)44(4)90-75(119)56(37-67(111)112)96-74(118)52(91-63(105)41-89-80(70)124)29-23-31-86-72(116)50(84)27-17-15-13-11-9-7-2/h19-22,24-26,28,39,43-45,50,52-59,69-70,87,101H,6-18,23,27,29-38,40-42,83-84H2,1-5H3,(H2,85,103)(H,86,116)(H,88,117)(H,89,124)(H,90,119)(H,91,105)(H,92,104)(H,93,106)(H,94,115)(H,95,120)(H,96,118)(H,97,121)(H,98,125)(H,99,123)(H,100,122)(H,107,108)(H,109,110)(H,111,112)(H,113,114)/t43-,44-,45?,50+,52+,53+,54+,55+,56?,57+,58+,59-,69?,70?/m1/s1. The summed E-state index contributed by atoms with van der Waals surface area (Å²) in [6, 6.07) is -12.0. The Morgan fingerprint density at radius 2 is 1.05 bits per heavy atom. The van der Waals surface area contributed by atoms with Crippen LogP contribution in [0.5, 0.6) is 0 Å². The van der Waals surface area contributed by atoms with E-state index < -0.39 is 273 Å². The molecular weight excluding hydrogens is 1670 g/mol. The summed E-state index contributed by atoms with van der Waals surface area (Å²) >= 11 is 0. The summed E-state index contributed by atoms with van der Waals surface area (Å²) in [5.74, 6) is -30.8. The fraction of sp³-hybridized carbons (Fsp3) is 0.573. The number of nitrogens with one attached hydrogen (secondary N) is 15. The molecule has 2 heterocycles. The smallest absolute Gasteiger partial charge is 0.329 e. The van der Waals surface area contributed by atoms with Crippen LogP contribution in [0, 0.1) is 5.92 Å². The number of hydrogen-bond donors (Lipinski definition) is 23. The van der Waals surface area contributed by atoms with Crippen molar-refractivity contribution in [2.75, 3.05) is 32.0 Å². The van der Waals surface area contributed by atoms with Crippen LogP contribution in [0.3, 0.4) is 0 Å². The number of ketones is 1. The van der Waals surface area contributed by atoms with Crippen LogP contribution in [0.1, 0.15) is 198 Å². The number of primary amides is 1. The predicted molar refractivity (Wildman–Crippen MR) is 450 cm³/mol. The average molecular weight is 1790 g/mol. The lowest BCUT2D eigenvalue weighted by Crippen LogP contribution is -2.62. The van der Waals surface area contributed by atoms with Gasteiger partial charge in [-0.15, -0.1) is 0 Å². The molecule has 14 atom stereocenters. The molecule has 1 saturated heterocycles. The number of esters is 1. The van der Waals surface area contributed by atoms with Gasteiger partial charge in [-0.3, -0.25) is 95.9 Å². The summed E-state index contributed by atoms with van der Waals surface area (Å²) in [5.41, 5.74) is 18.6. The summed E-state index contributed by atoms with van der Waals surface area (Å²) in [5, 5.41) is 82.0. The van der Waals surface area contributed by atoms with Crippen molar-refractivity contribution in [1.29, 1.82) is 0 Å². The normalized spacial score (nSPS) is 20.5. The van der Waals surface area contributed by atoms with Gasteiger partial charge in [-0.05, 0) is 69.2 Å². The van der Waals surface area contributed by atoms with Gasteiger partial charge < -0.3 is 127 Å². The number of amides is 15. The summed E-state index contributed by atoms with van der Waals surface area (Å²) in [6.45, 7) is 2.98. The molecule has 45 nitrogen and oxygen atoms in total.